The summed E-state index contributed by atoms with van der Waals surface area (Å²) < 4.78 is 2.11. The van der Waals surface area contributed by atoms with E-state index in [4.69, 9.17) is 0 Å². The summed E-state index contributed by atoms with van der Waals surface area (Å²) in [6, 6.07) is 1.08. The second-order valence-corrected chi connectivity index (χ2v) is 7.34. The lowest BCUT2D eigenvalue weighted by Crippen LogP contribution is -2.37. The highest BCUT2D eigenvalue weighted by molar-refractivity contribution is 5.02. The van der Waals surface area contributed by atoms with Crippen molar-refractivity contribution in [3.8, 4) is 0 Å². The van der Waals surface area contributed by atoms with E-state index in [1.165, 1.54) is 44.9 Å². The molecule has 0 spiro atoms. The van der Waals surface area contributed by atoms with E-state index in [1.807, 2.05) is 0 Å². The van der Waals surface area contributed by atoms with Gasteiger partial charge in [-0.25, -0.2) is 4.68 Å². The summed E-state index contributed by atoms with van der Waals surface area (Å²) >= 11 is 0. The molecule has 1 N–H and O–H groups in total. The molecule has 1 saturated heterocycles. The average Bonchev–Trinajstić information content (AvgIpc) is 3.10. The van der Waals surface area contributed by atoms with Gasteiger partial charge in [-0.1, -0.05) is 19.3 Å². The van der Waals surface area contributed by atoms with E-state index in [9.17, 15) is 5.11 Å². The summed E-state index contributed by atoms with van der Waals surface area (Å²) in [4.78, 5) is 2.49. The molecular weight excluding hydrogens is 278 g/mol. The highest BCUT2D eigenvalue weighted by Crippen LogP contribution is 2.41. The lowest BCUT2D eigenvalue weighted by atomic mass is 9.95. The van der Waals surface area contributed by atoms with Crippen molar-refractivity contribution < 1.29 is 5.11 Å². The topological polar surface area (TPSA) is 67.1 Å². The highest BCUT2D eigenvalue weighted by atomic mass is 16.3. The second-order valence-electron chi connectivity index (χ2n) is 7.34. The minimum atomic E-state index is 0.258. The van der Waals surface area contributed by atoms with Crippen LogP contribution < -0.4 is 0 Å². The zero-order valence-corrected chi connectivity index (χ0v) is 13.3. The summed E-state index contributed by atoms with van der Waals surface area (Å²) in [6.07, 6.45) is 11.2. The van der Waals surface area contributed by atoms with Crippen molar-refractivity contribution in [2.24, 2.45) is 5.92 Å². The van der Waals surface area contributed by atoms with Gasteiger partial charge in [0.15, 0.2) is 5.82 Å². The first kappa shape index (κ1) is 14.6. The van der Waals surface area contributed by atoms with Crippen LogP contribution in [0.3, 0.4) is 0 Å². The first-order valence-electron chi connectivity index (χ1n) is 9.01. The molecule has 0 aromatic carbocycles. The molecule has 0 bridgehead atoms. The first-order valence-corrected chi connectivity index (χ1v) is 9.01. The molecule has 2 heterocycles. The van der Waals surface area contributed by atoms with Crippen molar-refractivity contribution in [2.45, 2.75) is 75.9 Å². The van der Waals surface area contributed by atoms with Crippen LogP contribution in [0.5, 0.6) is 0 Å². The van der Waals surface area contributed by atoms with Gasteiger partial charge in [-0.3, -0.25) is 4.90 Å². The monoisotopic (exact) mass is 305 g/mol. The van der Waals surface area contributed by atoms with Gasteiger partial charge in [-0.2, -0.15) is 0 Å². The zero-order chi connectivity index (χ0) is 14.9. The van der Waals surface area contributed by atoms with E-state index in [1.54, 1.807) is 0 Å². The number of hydrogen-bond donors (Lipinski definition) is 1. The van der Waals surface area contributed by atoms with E-state index >= 15 is 0 Å². The molecule has 0 amide bonds. The predicted molar refractivity (Wildman–Crippen MR) is 82.2 cm³/mol. The van der Waals surface area contributed by atoms with E-state index in [0.717, 1.165) is 31.1 Å². The average molecular weight is 305 g/mol. The fourth-order valence-corrected chi connectivity index (χ4v) is 4.29. The Balaban J connectivity index is 1.56. The molecule has 6 nitrogen and oxygen atoms in total. The fourth-order valence-electron chi connectivity index (χ4n) is 4.29. The van der Waals surface area contributed by atoms with Gasteiger partial charge in [-0.05, 0) is 54.9 Å². The summed E-state index contributed by atoms with van der Waals surface area (Å²) in [5.41, 5.74) is 0. The largest absolute Gasteiger partial charge is 0.395 e. The number of aromatic nitrogens is 4. The van der Waals surface area contributed by atoms with E-state index in [2.05, 4.69) is 25.1 Å². The van der Waals surface area contributed by atoms with Crippen molar-refractivity contribution in [1.29, 1.82) is 0 Å². The third kappa shape index (κ3) is 2.78. The van der Waals surface area contributed by atoms with E-state index < -0.39 is 0 Å². The maximum absolute atomic E-state index is 9.70. The molecule has 1 aromatic rings. The van der Waals surface area contributed by atoms with Crippen LogP contribution in [0.25, 0.3) is 0 Å². The molecule has 122 valence electrons. The molecule has 3 aliphatic rings. The number of aliphatic hydroxyl groups excluding tert-OH is 1. The zero-order valence-electron chi connectivity index (χ0n) is 13.3. The molecule has 0 radical (unpaired) electrons. The van der Waals surface area contributed by atoms with Gasteiger partial charge in [0.1, 0.15) is 0 Å². The van der Waals surface area contributed by atoms with Crippen LogP contribution in [-0.2, 0) is 0 Å². The van der Waals surface area contributed by atoms with E-state index in [0.29, 0.717) is 18.1 Å². The Hall–Kier alpha value is -1.01. The summed E-state index contributed by atoms with van der Waals surface area (Å²) in [5, 5.41) is 22.4. The van der Waals surface area contributed by atoms with Gasteiger partial charge in [0.2, 0.25) is 0 Å². The highest BCUT2D eigenvalue weighted by Gasteiger charge is 2.40. The van der Waals surface area contributed by atoms with Crippen molar-refractivity contribution in [2.75, 3.05) is 13.2 Å². The van der Waals surface area contributed by atoms with Crippen molar-refractivity contribution in [1.82, 2.24) is 25.1 Å². The number of likely N-dealkylation sites (tertiary alicyclic amines) is 1. The van der Waals surface area contributed by atoms with Gasteiger partial charge < -0.3 is 5.11 Å². The minimum absolute atomic E-state index is 0.258. The smallest absolute Gasteiger partial charge is 0.168 e. The molecule has 1 aromatic heterocycles. The van der Waals surface area contributed by atoms with Crippen molar-refractivity contribution in [3.63, 3.8) is 0 Å². The molecule has 1 aliphatic heterocycles. The molecule has 2 atom stereocenters. The van der Waals surface area contributed by atoms with Gasteiger partial charge in [0.25, 0.3) is 0 Å². The number of nitrogens with zero attached hydrogens (tertiary/aromatic N) is 5. The van der Waals surface area contributed by atoms with Crippen LogP contribution in [-0.4, -0.2) is 49.4 Å². The van der Waals surface area contributed by atoms with E-state index in [-0.39, 0.29) is 6.61 Å². The van der Waals surface area contributed by atoms with Crippen molar-refractivity contribution in [3.05, 3.63) is 5.82 Å². The Labute approximate surface area is 131 Å². The van der Waals surface area contributed by atoms with Crippen LogP contribution in [0.1, 0.15) is 75.7 Å². The van der Waals surface area contributed by atoms with Crippen LogP contribution in [0, 0.1) is 5.92 Å². The van der Waals surface area contributed by atoms with Gasteiger partial charge in [0, 0.05) is 12.6 Å². The third-order valence-electron chi connectivity index (χ3n) is 5.76. The standard InChI is InChI=1S/C16H27N5O/c22-11-14-8-9-15(20(14)10-12-6-7-12)16-17-18-19-21(16)13-4-2-1-3-5-13/h12-15,22H,1-11H2/t14-,15-/m0/s1. The Morgan fingerprint density at radius 3 is 2.55 bits per heavy atom. The van der Waals surface area contributed by atoms with Crippen LogP contribution in [0.15, 0.2) is 0 Å². The van der Waals surface area contributed by atoms with Crippen LogP contribution in [0.4, 0.5) is 0 Å². The number of aliphatic hydroxyl groups is 1. The van der Waals surface area contributed by atoms with Gasteiger partial charge in [0.05, 0.1) is 18.7 Å². The minimum Gasteiger partial charge on any atom is -0.395 e. The SMILES string of the molecule is OC[C@@H]1CC[C@@H](c2nnnn2C2CCCCC2)N1CC1CC1. The molecule has 4 rings (SSSR count). The quantitative estimate of drug-likeness (QED) is 0.902. The Morgan fingerprint density at radius 1 is 1.00 bits per heavy atom. The van der Waals surface area contributed by atoms with Crippen molar-refractivity contribution >= 4 is 0 Å². The predicted octanol–water partition coefficient (Wildman–Crippen LogP) is 2.09. The maximum atomic E-state index is 9.70. The summed E-state index contributed by atoms with van der Waals surface area (Å²) in [6.45, 7) is 1.36. The fraction of sp³-hybridized carbons (Fsp3) is 0.938. The summed E-state index contributed by atoms with van der Waals surface area (Å²) in [7, 11) is 0. The first-order chi connectivity index (χ1) is 10.9. The molecule has 2 saturated carbocycles. The molecule has 22 heavy (non-hydrogen) atoms. The van der Waals surface area contributed by atoms with Gasteiger partial charge >= 0.3 is 0 Å². The molecule has 0 unspecified atom stereocenters. The van der Waals surface area contributed by atoms with Crippen LogP contribution in [0.2, 0.25) is 0 Å². The maximum Gasteiger partial charge on any atom is 0.168 e. The van der Waals surface area contributed by atoms with Crippen LogP contribution >= 0.6 is 0 Å². The molecule has 6 heteroatoms. The summed E-state index contributed by atoms with van der Waals surface area (Å²) in [5.74, 6) is 1.87. The molecule has 3 fully saturated rings. The van der Waals surface area contributed by atoms with Gasteiger partial charge in [-0.15, -0.1) is 5.10 Å². The number of hydrogen-bond acceptors (Lipinski definition) is 5. The Morgan fingerprint density at radius 2 is 1.82 bits per heavy atom. The number of rotatable bonds is 5. The molecule has 2 aliphatic carbocycles. The Bertz CT molecular complexity index is 494. The lowest BCUT2D eigenvalue weighted by Gasteiger charge is -2.30. The lowest BCUT2D eigenvalue weighted by molar-refractivity contribution is 0.117. The Kier molecular flexibility index (Phi) is 4.13. The third-order valence-corrected chi connectivity index (χ3v) is 5.76. The normalized spacial score (nSPS) is 31.0. The molecular formula is C16H27N5O. The second kappa shape index (κ2) is 6.24. The number of tetrazole rings is 1.